The summed E-state index contributed by atoms with van der Waals surface area (Å²) in [6, 6.07) is 11.2. The van der Waals surface area contributed by atoms with Gasteiger partial charge in [-0.2, -0.15) is 0 Å². The number of aliphatic hydroxyl groups excluding tert-OH is 1. The fourth-order valence-electron chi connectivity index (χ4n) is 2.06. The molecule has 1 heterocycles. The van der Waals surface area contributed by atoms with Crippen LogP contribution < -0.4 is 10.2 Å². The molecule has 0 saturated heterocycles. The third-order valence-corrected chi connectivity index (χ3v) is 3.25. The van der Waals surface area contributed by atoms with Gasteiger partial charge in [-0.3, -0.25) is 4.79 Å². The van der Waals surface area contributed by atoms with E-state index in [0.29, 0.717) is 24.5 Å². The van der Waals surface area contributed by atoms with Gasteiger partial charge in [-0.1, -0.05) is 30.3 Å². The van der Waals surface area contributed by atoms with Crippen molar-refractivity contribution in [2.45, 2.75) is 26.4 Å². The first-order chi connectivity index (χ1) is 10.6. The molecular formula is C16H21N3O3. The highest BCUT2D eigenvalue weighted by Gasteiger charge is 2.16. The molecule has 0 aliphatic rings. The highest BCUT2D eigenvalue weighted by atomic mass is 16.5. The number of carbonyl (C=O) groups is 1. The number of amides is 1. The molecule has 2 aromatic rings. The van der Waals surface area contributed by atoms with Crippen LogP contribution in [-0.2, 0) is 4.79 Å². The molecule has 118 valence electrons. The van der Waals surface area contributed by atoms with Crippen LogP contribution >= 0.6 is 0 Å². The Balaban J connectivity index is 2.03. The van der Waals surface area contributed by atoms with Crippen molar-refractivity contribution in [3.05, 3.63) is 42.2 Å². The third kappa shape index (κ3) is 4.60. The van der Waals surface area contributed by atoms with Crippen LogP contribution in [0.2, 0.25) is 0 Å². The molecule has 1 unspecified atom stereocenters. The zero-order valence-corrected chi connectivity index (χ0v) is 12.8. The molecule has 1 atom stereocenters. The molecule has 0 saturated carbocycles. The van der Waals surface area contributed by atoms with Gasteiger partial charge in [0.15, 0.2) is 5.82 Å². The summed E-state index contributed by atoms with van der Waals surface area (Å²) in [6.07, 6.45) is 0.148. The van der Waals surface area contributed by atoms with E-state index in [4.69, 9.17) is 4.52 Å². The van der Waals surface area contributed by atoms with Crippen LogP contribution in [0.1, 0.15) is 19.1 Å². The Labute approximate surface area is 129 Å². The second kappa shape index (κ2) is 7.61. The Morgan fingerprint density at radius 3 is 2.73 bits per heavy atom. The predicted octanol–water partition coefficient (Wildman–Crippen LogP) is 2.20. The zero-order valence-electron chi connectivity index (χ0n) is 12.8. The Kier molecular flexibility index (Phi) is 5.55. The predicted molar refractivity (Wildman–Crippen MR) is 84.8 cm³/mol. The number of nitrogens with one attached hydrogen (secondary N) is 1. The molecule has 6 heteroatoms. The van der Waals surface area contributed by atoms with E-state index in [1.165, 1.54) is 0 Å². The van der Waals surface area contributed by atoms with Crippen molar-refractivity contribution < 1.29 is 14.4 Å². The Morgan fingerprint density at radius 1 is 1.41 bits per heavy atom. The molecule has 2 rings (SSSR count). The Morgan fingerprint density at radius 2 is 2.14 bits per heavy atom. The lowest BCUT2D eigenvalue weighted by atomic mass is 10.2. The molecule has 0 aliphatic carbocycles. The summed E-state index contributed by atoms with van der Waals surface area (Å²) in [4.78, 5) is 14.0. The molecule has 1 aromatic carbocycles. The smallest absolute Gasteiger partial charge is 0.245 e. The first kappa shape index (κ1) is 16.0. The summed E-state index contributed by atoms with van der Waals surface area (Å²) in [7, 11) is 0. The van der Waals surface area contributed by atoms with Crippen molar-refractivity contribution in [1.29, 1.82) is 0 Å². The van der Waals surface area contributed by atoms with Gasteiger partial charge in [0.1, 0.15) is 5.76 Å². The van der Waals surface area contributed by atoms with E-state index in [0.717, 1.165) is 5.69 Å². The Bertz CT molecular complexity index is 598. The van der Waals surface area contributed by atoms with E-state index in [2.05, 4.69) is 10.5 Å². The molecule has 0 spiro atoms. The van der Waals surface area contributed by atoms with Crippen molar-refractivity contribution in [3.8, 4) is 0 Å². The largest absolute Gasteiger partial charge is 0.391 e. The van der Waals surface area contributed by atoms with E-state index in [1.807, 2.05) is 42.2 Å². The first-order valence-electron chi connectivity index (χ1n) is 7.29. The summed E-state index contributed by atoms with van der Waals surface area (Å²) < 4.78 is 4.92. The van der Waals surface area contributed by atoms with Gasteiger partial charge in [0.05, 0.1) is 12.6 Å². The van der Waals surface area contributed by atoms with E-state index >= 15 is 0 Å². The topological polar surface area (TPSA) is 78.6 Å². The number of nitrogens with zero attached hydrogens (tertiary/aromatic N) is 2. The summed E-state index contributed by atoms with van der Waals surface area (Å²) in [5.41, 5.74) is 0.890. The van der Waals surface area contributed by atoms with Gasteiger partial charge < -0.3 is 19.8 Å². The molecule has 1 amide bonds. The van der Waals surface area contributed by atoms with Crippen LogP contribution in [0.5, 0.6) is 0 Å². The molecule has 22 heavy (non-hydrogen) atoms. The van der Waals surface area contributed by atoms with Gasteiger partial charge in [-0.25, -0.2) is 0 Å². The van der Waals surface area contributed by atoms with Crippen molar-refractivity contribution >= 4 is 17.4 Å². The molecule has 0 fully saturated rings. The lowest BCUT2D eigenvalue weighted by molar-refractivity contribution is -0.115. The first-order valence-corrected chi connectivity index (χ1v) is 7.29. The number of aryl methyl sites for hydroxylation is 1. The van der Waals surface area contributed by atoms with E-state index in [-0.39, 0.29) is 12.5 Å². The van der Waals surface area contributed by atoms with Crippen molar-refractivity contribution in [3.63, 3.8) is 0 Å². The van der Waals surface area contributed by atoms with Crippen LogP contribution in [0.15, 0.2) is 40.9 Å². The van der Waals surface area contributed by atoms with Gasteiger partial charge in [0.25, 0.3) is 0 Å². The lowest BCUT2D eigenvalue weighted by Crippen LogP contribution is -2.38. The number of hydrogen-bond donors (Lipinski definition) is 2. The monoisotopic (exact) mass is 303 g/mol. The minimum Gasteiger partial charge on any atom is -0.391 e. The second-order valence-electron chi connectivity index (χ2n) is 5.15. The average molecular weight is 303 g/mol. The van der Waals surface area contributed by atoms with Crippen LogP contribution in [0.4, 0.5) is 11.5 Å². The maximum atomic E-state index is 12.2. The minimum absolute atomic E-state index is 0.132. The molecule has 2 N–H and O–H groups in total. The SMILES string of the molecule is CCC(O)CN(CC(=O)Nc1cc(C)on1)c1ccccc1. The van der Waals surface area contributed by atoms with E-state index in [9.17, 15) is 9.90 Å². The highest BCUT2D eigenvalue weighted by Crippen LogP contribution is 2.15. The number of benzene rings is 1. The van der Waals surface area contributed by atoms with Crippen molar-refractivity contribution in [2.75, 3.05) is 23.3 Å². The number of rotatable bonds is 7. The van der Waals surface area contributed by atoms with Crippen LogP contribution in [-0.4, -0.2) is 35.4 Å². The Hall–Kier alpha value is -2.34. The average Bonchev–Trinajstić information content (AvgIpc) is 2.92. The summed E-state index contributed by atoms with van der Waals surface area (Å²) in [6.45, 7) is 4.20. The van der Waals surface area contributed by atoms with Crippen LogP contribution in [0.3, 0.4) is 0 Å². The fourth-order valence-corrected chi connectivity index (χ4v) is 2.06. The lowest BCUT2D eigenvalue weighted by Gasteiger charge is -2.26. The van der Waals surface area contributed by atoms with Crippen LogP contribution in [0, 0.1) is 6.92 Å². The van der Waals surface area contributed by atoms with Gasteiger partial charge >= 0.3 is 0 Å². The maximum Gasteiger partial charge on any atom is 0.245 e. The third-order valence-electron chi connectivity index (χ3n) is 3.25. The summed E-state index contributed by atoms with van der Waals surface area (Å²) in [5, 5.41) is 16.3. The zero-order chi connectivity index (χ0) is 15.9. The molecular weight excluding hydrogens is 282 g/mol. The number of anilines is 2. The number of para-hydroxylation sites is 1. The summed E-state index contributed by atoms with van der Waals surface area (Å²) in [5.74, 6) is 0.823. The number of aliphatic hydroxyl groups is 1. The standard InChI is InChI=1S/C16H21N3O3/c1-3-14(20)10-19(13-7-5-4-6-8-13)11-16(21)17-15-9-12(2)22-18-15/h4-9,14,20H,3,10-11H2,1-2H3,(H,17,18,21). The quantitative estimate of drug-likeness (QED) is 0.820. The molecule has 1 aromatic heterocycles. The van der Waals surface area contributed by atoms with E-state index in [1.54, 1.807) is 13.0 Å². The van der Waals surface area contributed by atoms with E-state index < -0.39 is 6.10 Å². The van der Waals surface area contributed by atoms with Crippen molar-refractivity contribution in [2.24, 2.45) is 0 Å². The van der Waals surface area contributed by atoms with Gasteiger partial charge in [-0.05, 0) is 25.5 Å². The normalized spacial score (nSPS) is 12.0. The molecule has 0 aliphatic heterocycles. The number of hydrogen-bond acceptors (Lipinski definition) is 5. The second-order valence-corrected chi connectivity index (χ2v) is 5.15. The molecule has 0 bridgehead atoms. The fraction of sp³-hybridized carbons (Fsp3) is 0.375. The molecule has 0 radical (unpaired) electrons. The van der Waals surface area contributed by atoms with Crippen molar-refractivity contribution in [1.82, 2.24) is 5.16 Å². The van der Waals surface area contributed by atoms with Crippen LogP contribution in [0.25, 0.3) is 0 Å². The highest BCUT2D eigenvalue weighted by molar-refractivity contribution is 5.93. The van der Waals surface area contributed by atoms with Gasteiger partial charge in [-0.15, -0.1) is 0 Å². The van der Waals surface area contributed by atoms with Gasteiger partial charge in [0.2, 0.25) is 5.91 Å². The molecule has 6 nitrogen and oxygen atoms in total. The number of aromatic nitrogens is 1. The van der Waals surface area contributed by atoms with Gasteiger partial charge in [0, 0.05) is 18.3 Å². The number of carbonyl (C=O) groups excluding carboxylic acids is 1. The minimum atomic E-state index is -0.484. The summed E-state index contributed by atoms with van der Waals surface area (Å²) >= 11 is 0. The maximum absolute atomic E-state index is 12.2.